The van der Waals surface area contributed by atoms with E-state index in [1.807, 2.05) is 37.3 Å². The van der Waals surface area contributed by atoms with Gasteiger partial charge in [-0.1, -0.05) is 12.1 Å². The minimum absolute atomic E-state index is 0.124. The van der Waals surface area contributed by atoms with Crippen molar-refractivity contribution >= 4 is 38.9 Å². The molecule has 0 aliphatic carbocycles. The Labute approximate surface area is 119 Å². The highest BCUT2D eigenvalue weighted by molar-refractivity contribution is 9.11. The number of hydrogen-bond acceptors (Lipinski definition) is 2. The van der Waals surface area contributed by atoms with Crippen molar-refractivity contribution in [2.45, 2.75) is 12.3 Å². The van der Waals surface area contributed by atoms with E-state index in [4.69, 9.17) is 16.3 Å². The first-order chi connectivity index (χ1) is 8.11. The highest BCUT2D eigenvalue weighted by Crippen LogP contribution is 2.37. The van der Waals surface area contributed by atoms with Gasteiger partial charge in [0.15, 0.2) is 0 Å². The third-order valence-electron chi connectivity index (χ3n) is 2.57. The molecule has 4 heteroatoms. The summed E-state index contributed by atoms with van der Waals surface area (Å²) in [7, 11) is 1.68. The van der Waals surface area contributed by atoms with E-state index in [9.17, 15) is 0 Å². The van der Waals surface area contributed by atoms with Crippen molar-refractivity contribution < 1.29 is 4.74 Å². The van der Waals surface area contributed by atoms with E-state index in [2.05, 4.69) is 15.9 Å². The Bertz CT molecular complexity index is 524. The van der Waals surface area contributed by atoms with E-state index in [0.717, 1.165) is 25.5 Å². The van der Waals surface area contributed by atoms with Crippen molar-refractivity contribution in [3.8, 4) is 5.75 Å². The Balaban J connectivity index is 2.34. The zero-order valence-electron chi connectivity index (χ0n) is 9.54. The number of ether oxygens (including phenoxy) is 1. The number of aryl methyl sites for hydroxylation is 1. The molecule has 17 heavy (non-hydrogen) atoms. The van der Waals surface area contributed by atoms with Crippen LogP contribution in [0, 0.1) is 6.92 Å². The SMILES string of the molecule is COc1cc(C(Cl)c2ccc(Br)s2)ccc1C. The number of halogens is 2. The molecule has 0 bridgehead atoms. The van der Waals surface area contributed by atoms with Gasteiger partial charge in [-0.15, -0.1) is 22.9 Å². The largest absolute Gasteiger partial charge is 0.496 e. The maximum Gasteiger partial charge on any atom is 0.122 e. The summed E-state index contributed by atoms with van der Waals surface area (Å²) >= 11 is 11.6. The molecule has 0 aliphatic heterocycles. The van der Waals surface area contributed by atoms with Crippen LogP contribution in [0.4, 0.5) is 0 Å². The monoisotopic (exact) mass is 330 g/mol. The van der Waals surface area contributed by atoms with Crippen molar-refractivity contribution in [3.05, 3.63) is 50.1 Å². The number of thiophene rings is 1. The molecule has 0 saturated carbocycles. The third kappa shape index (κ3) is 2.84. The van der Waals surface area contributed by atoms with E-state index in [1.165, 1.54) is 0 Å². The maximum atomic E-state index is 6.46. The van der Waals surface area contributed by atoms with Crippen LogP contribution in [0.1, 0.15) is 21.4 Å². The fraction of sp³-hybridized carbons (Fsp3) is 0.231. The minimum atomic E-state index is -0.124. The molecule has 0 spiro atoms. The lowest BCUT2D eigenvalue weighted by Crippen LogP contribution is -1.93. The molecule has 1 atom stereocenters. The van der Waals surface area contributed by atoms with Crippen molar-refractivity contribution in [1.29, 1.82) is 0 Å². The van der Waals surface area contributed by atoms with Gasteiger partial charge >= 0.3 is 0 Å². The summed E-state index contributed by atoms with van der Waals surface area (Å²) in [5.41, 5.74) is 2.18. The number of rotatable bonds is 3. The van der Waals surface area contributed by atoms with Crippen LogP contribution in [0.15, 0.2) is 34.1 Å². The van der Waals surface area contributed by atoms with Crippen LogP contribution < -0.4 is 4.74 Å². The van der Waals surface area contributed by atoms with Crippen molar-refractivity contribution in [3.63, 3.8) is 0 Å². The normalized spacial score (nSPS) is 12.5. The van der Waals surface area contributed by atoms with Gasteiger partial charge in [-0.3, -0.25) is 0 Å². The van der Waals surface area contributed by atoms with Crippen molar-refractivity contribution in [2.75, 3.05) is 7.11 Å². The number of benzene rings is 1. The van der Waals surface area contributed by atoms with Gasteiger partial charge in [-0.05, 0) is 52.2 Å². The molecule has 0 fully saturated rings. The Morgan fingerprint density at radius 2 is 2.06 bits per heavy atom. The molecule has 2 rings (SSSR count). The van der Waals surface area contributed by atoms with Gasteiger partial charge in [0.1, 0.15) is 5.75 Å². The molecule has 1 heterocycles. The lowest BCUT2D eigenvalue weighted by Gasteiger charge is -2.11. The summed E-state index contributed by atoms with van der Waals surface area (Å²) < 4.78 is 6.41. The smallest absolute Gasteiger partial charge is 0.122 e. The van der Waals surface area contributed by atoms with Crippen LogP contribution in [0.25, 0.3) is 0 Å². The molecule has 0 saturated heterocycles. The van der Waals surface area contributed by atoms with Crippen molar-refractivity contribution in [2.24, 2.45) is 0 Å². The standard InChI is InChI=1S/C13H12BrClOS/c1-8-3-4-9(7-10(8)16-2)13(15)11-5-6-12(14)17-11/h3-7,13H,1-2H3. The first-order valence-corrected chi connectivity index (χ1v) is 7.20. The summed E-state index contributed by atoms with van der Waals surface area (Å²) in [6.07, 6.45) is 0. The summed E-state index contributed by atoms with van der Waals surface area (Å²) in [5, 5.41) is -0.124. The number of alkyl halides is 1. The van der Waals surface area contributed by atoms with Gasteiger partial charge in [-0.2, -0.15) is 0 Å². The summed E-state index contributed by atoms with van der Waals surface area (Å²) in [6.45, 7) is 2.02. The fourth-order valence-corrected chi connectivity index (χ4v) is 3.39. The van der Waals surface area contributed by atoms with Gasteiger partial charge in [0.05, 0.1) is 16.3 Å². The Morgan fingerprint density at radius 3 is 2.65 bits per heavy atom. The van der Waals surface area contributed by atoms with Crippen molar-refractivity contribution in [1.82, 2.24) is 0 Å². The lowest BCUT2D eigenvalue weighted by molar-refractivity contribution is 0.411. The zero-order valence-corrected chi connectivity index (χ0v) is 12.7. The third-order valence-corrected chi connectivity index (χ3v) is 4.87. The minimum Gasteiger partial charge on any atom is -0.496 e. The second-order valence-electron chi connectivity index (χ2n) is 3.73. The van der Waals surface area contributed by atoms with Crippen LogP contribution >= 0.6 is 38.9 Å². The number of methoxy groups -OCH3 is 1. The summed E-state index contributed by atoms with van der Waals surface area (Å²) in [5.74, 6) is 0.878. The topological polar surface area (TPSA) is 9.23 Å². The average molecular weight is 332 g/mol. The average Bonchev–Trinajstić information content (AvgIpc) is 2.75. The van der Waals surface area contributed by atoms with Gasteiger partial charge in [0.2, 0.25) is 0 Å². The molecule has 0 aliphatic rings. The Kier molecular flexibility index (Phi) is 4.13. The van der Waals surface area contributed by atoms with Gasteiger partial charge in [-0.25, -0.2) is 0 Å². The number of hydrogen-bond donors (Lipinski definition) is 0. The molecule has 1 unspecified atom stereocenters. The van der Waals surface area contributed by atoms with Gasteiger partial charge in [0.25, 0.3) is 0 Å². The second-order valence-corrected chi connectivity index (χ2v) is 6.66. The molecule has 1 aromatic heterocycles. The fourth-order valence-electron chi connectivity index (χ4n) is 1.62. The Hall–Kier alpha value is -0.510. The van der Waals surface area contributed by atoms with Crippen LogP contribution in [0.5, 0.6) is 5.75 Å². The van der Waals surface area contributed by atoms with Gasteiger partial charge < -0.3 is 4.74 Å². The molecule has 1 aromatic carbocycles. The molecule has 0 N–H and O–H groups in total. The lowest BCUT2D eigenvalue weighted by atomic mass is 10.1. The first-order valence-electron chi connectivity index (χ1n) is 5.15. The molecular formula is C13H12BrClOS. The second kappa shape index (κ2) is 5.42. The zero-order chi connectivity index (χ0) is 12.4. The predicted octanol–water partition coefficient (Wildman–Crippen LogP) is 5.16. The highest BCUT2D eigenvalue weighted by atomic mass is 79.9. The van der Waals surface area contributed by atoms with E-state index in [-0.39, 0.29) is 5.38 Å². The highest BCUT2D eigenvalue weighted by Gasteiger charge is 2.14. The van der Waals surface area contributed by atoms with Crippen LogP contribution in [0.3, 0.4) is 0 Å². The molecular weight excluding hydrogens is 320 g/mol. The summed E-state index contributed by atoms with van der Waals surface area (Å²) in [4.78, 5) is 1.13. The van der Waals surface area contributed by atoms with E-state index >= 15 is 0 Å². The quantitative estimate of drug-likeness (QED) is 0.706. The first kappa shape index (κ1) is 12.9. The van der Waals surface area contributed by atoms with E-state index in [1.54, 1.807) is 18.4 Å². The Morgan fingerprint density at radius 1 is 1.29 bits per heavy atom. The predicted molar refractivity (Wildman–Crippen MR) is 77.4 cm³/mol. The molecule has 1 nitrogen and oxygen atoms in total. The maximum absolute atomic E-state index is 6.46. The molecule has 0 amide bonds. The van der Waals surface area contributed by atoms with Crippen LogP contribution in [-0.2, 0) is 0 Å². The molecule has 90 valence electrons. The molecule has 0 radical (unpaired) electrons. The summed E-state index contributed by atoms with van der Waals surface area (Å²) in [6, 6.07) is 10.1. The van der Waals surface area contributed by atoms with E-state index < -0.39 is 0 Å². The van der Waals surface area contributed by atoms with Gasteiger partial charge in [0, 0.05) is 4.88 Å². The van der Waals surface area contributed by atoms with Crippen LogP contribution in [0.2, 0.25) is 0 Å². The molecule has 2 aromatic rings. The van der Waals surface area contributed by atoms with E-state index in [0.29, 0.717) is 0 Å². The van der Waals surface area contributed by atoms with Crippen LogP contribution in [-0.4, -0.2) is 7.11 Å².